The molecular formula is C23H32F6N2O2. The van der Waals surface area contributed by atoms with E-state index >= 15 is 0 Å². The highest BCUT2D eigenvalue weighted by Gasteiger charge is 2.52. The number of piperidine rings is 1. The van der Waals surface area contributed by atoms with Crippen LogP contribution >= 0.6 is 0 Å². The number of rotatable bonds is 6. The maximum Gasteiger partial charge on any atom is 0.416 e. The Morgan fingerprint density at radius 2 is 1.64 bits per heavy atom. The first-order valence-corrected chi connectivity index (χ1v) is 10.8. The summed E-state index contributed by atoms with van der Waals surface area (Å²) in [5, 5.41) is 2.40. The minimum Gasteiger partial charge on any atom is -0.354 e. The van der Waals surface area contributed by atoms with Crippen molar-refractivity contribution >= 4 is 11.7 Å². The molecule has 0 aromatic heterocycles. The predicted molar refractivity (Wildman–Crippen MR) is 114 cm³/mol. The van der Waals surface area contributed by atoms with Crippen molar-refractivity contribution in [2.75, 3.05) is 26.2 Å². The number of hydrogen-bond donors (Lipinski definition) is 1. The number of ketones is 1. The number of alkyl halides is 6. The van der Waals surface area contributed by atoms with E-state index in [1.807, 2.05) is 0 Å². The van der Waals surface area contributed by atoms with Crippen molar-refractivity contribution in [1.82, 2.24) is 10.2 Å². The van der Waals surface area contributed by atoms with Crippen LogP contribution < -0.4 is 5.32 Å². The van der Waals surface area contributed by atoms with Crippen molar-refractivity contribution < 1.29 is 35.9 Å². The molecule has 0 bridgehead atoms. The van der Waals surface area contributed by atoms with Gasteiger partial charge in [-0.25, -0.2) is 0 Å². The van der Waals surface area contributed by atoms with E-state index in [1.165, 1.54) is 25.5 Å². The molecule has 1 N–H and O–H groups in total. The Balaban J connectivity index is 0.000000361. The average Bonchev–Trinajstić information content (AvgIpc) is 2.73. The molecular weight excluding hydrogens is 450 g/mol. The first kappa shape index (κ1) is 28.9. The fraction of sp³-hybridized carbons (Fsp3) is 0.652. The molecule has 1 aromatic carbocycles. The Kier molecular flexibility index (Phi) is 10.4. The van der Waals surface area contributed by atoms with Crippen LogP contribution in [0.25, 0.3) is 0 Å². The van der Waals surface area contributed by atoms with Crippen LogP contribution in [-0.2, 0) is 11.0 Å². The highest BCUT2D eigenvalue weighted by Crippen LogP contribution is 2.37. The molecule has 4 nitrogen and oxygen atoms in total. The average molecular weight is 483 g/mol. The van der Waals surface area contributed by atoms with E-state index in [4.69, 9.17) is 0 Å². The normalized spacial score (nSPS) is 16.1. The Morgan fingerprint density at radius 1 is 1.06 bits per heavy atom. The fourth-order valence-corrected chi connectivity index (χ4v) is 3.21. The lowest BCUT2D eigenvalue weighted by Gasteiger charge is -2.32. The molecule has 1 fully saturated rings. The minimum atomic E-state index is -4.52. The van der Waals surface area contributed by atoms with Crippen molar-refractivity contribution in [3.63, 3.8) is 0 Å². The fourth-order valence-electron chi connectivity index (χ4n) is 3.21. The summed E-state index contributed by atoms with van der Waals surface area (Å²) in [5.74, 6) is -0.551. The maximum atomic E-state index is 12.7. The first-order valence-electron chi connectivity index (χ1n) is 10.8. The van der Waals surface area contributed by atoms with Gasteiger partial charge in [0.2, 0.25) is 5.91 Å². The van der Waals surface area contributed by atoms with Crippen molar-refractivity contribution in [2.24, 2.45) is 11.3 Å². The van der Waals surface area contributed by atoms with Gasteiger partial charge in [-0.15, -0.1) is 0 Å². The van der Waals surface area contributed by atoms with Gasteiger partial charge in [0.1, 0.15) is 5.41 Å². The molecule has 0 spiro atoms. The maximum absolute atomic E-state index is 12.7. The van der Waals surface area contributed by atoms with Gasteiger partial charge in [0, 0.05) is 18.7 Å². The zero-order valence-corrected chi connectivity index (χ0v) is 19.4. The number of nitrogens with zero attached hydrogens (tertiary/aromatic N) is 1. The smallest absolute Gasteiger partial charge is 0.354 e. The molecule has 0 unspecified atom stereocenters. The molecule has 1 aliphatic heterocycles. The second kappa shape index (κ2) is 11.9. The number of carbonyl (C=O) groups is 2. The van der Waals surface area contributed by atoms with Crippen LogP contribution in [0.15, 0.2) is 24.3 Å². The summed E-state index contributed by atoms with van der Waals surface area (Å²) in [5.41, 5.74) is -3.04. The summed E-state index contributed by atoms with van der Waals surface area (Å²) in [6.07, 6.45) is -5.44. The zero-order chi connectivity index (χ0) is 25.4. The number of carbonyl (C=O) groups excluding carboxylic acids is 2. The van der Waals surface area contributed by atoms with E-state index in [9.17, 15) is 35.9 Å². The van der Waals surface area contributed by atoms with Crippen molar-refractivity contribution in [3.8, 4) is 0 Å². The summed E-state index contributed by atoms with van der Waals surface area (Å²) in [6, 6.07) is 4.37. The molecule has 0 saturated carbocycles. The number of nitrogens with one attached hydrogen (secondary N) is 1. The summed E-state index contributed by atoms with van der Waals surface area (Å²) in [4.78, 5) is 24.6. The minimum absolute atomic E-state index is 0.0785. The van der Waals surface area contributed by atoms with Gasteiger partial charge >= 0.3 is 12.4 Å². The number of hydrogen-bond acceptors (Lipinski definition) is 3. The van der Waals surface area contributed by atoms with E-state index in [0.29, 0.717) is 6.54 Å². The van der Waals surface area contributed by atoms with Gasteiger partial charge in [-0.3, -0.25) is 9.59 Å². The third kappa shape index (κ3) is 8.98. The van der Waals surface area contributed by atoms with E-state index < -0.39 is 29.2 Å². The van der Waals surface area contributed by atoms with Crippen LogP contribution in [0.2, 0.25) is 0 Å². The summed E-state index contributed by atoms with van der Waals surface area (Å²) in [6.45, 7) is 8.07. The van der Waals surface area contributed by atoms with Gasteiger partial charge in [-0.2, -0.15) is 26.3 Å². The summed E-state index contributed by atoms with van der Waals surface area (Å²) < 4.78 is 74.4. The zero-order valence-electron chi connectivity index (χ0n) is 19.4. The van der Waals surface area contributed by atoms with Gasteiger partial charge < -0.3 is 10.2 Å². The van der Waals surface area contributed by atoms with Crippen molar-refractivity contribution in [2.45, 2.75) is 59.3 Å². The predicted octanol–water partition coefficient (Wildman–Crippen LogP) is 5.72. The lowest BCUT2D eigenvalue weighted by Crippen LogP contribution is -2.48. The van der Waals surface area contributed by atoms with Crippen LogP contribution in [0, 0.1) is 11.3 Å². The molecule has 0 aliphatic carbocycles. The third-order valence-corrected chi connectivity index (χ3v) is 5.87. The Bertz CT molecular complexity index is 782. The lowest BCUT2D eigenvalue weighted by molar-refractivity contribution is -0.211. The second-order valence-corrected chi connectivity index (χ2v) is 8.71. The topological polar surface area (TPSA) is 49.4 Å². The standard InChI is InChI=1S/C14H25F3N2O.C9H7F3O/c1-4-11-5-8-19(9-6-11)10-7-18-12(20)13(2,3)14(15,16)17;1-6(13)7-3-2-4-8(5-7)9(10,11)12/h11H,4-10H2,1-3H3,(H,18,20);2-5H,1H3. The molecule has 10 heteroatoms. The highest BCUT2D eigenvalue weighted by molar-refractivity contribution is 5.94. The lowest BCUT2D eigenvalue weighted by atomic mass is 9.91. The Hall–Kier alpha value is -2.10. The van der Waals surface area contributed by atoms with Gasteiger partial charge in [0.25, 0.3) is 0 Å². The molecule has 1 heterocycles. The molecule has 1 amide bonds. The quantitative estimate of drug-likeness (QED) is 0.417. The van der Waals surface area contributed by atoms with Gasteiger partial charge in [-0.1, -0.05) is 25.5 Å². The second-order valence-electron chi connectivity index (χ2n) is 8.71. The number of benzene rings is 1. The van der Waals surface area contributed by atoms with Gasteiger partial charge in [0.05, 0.1) is 5.56 Å². The SMILES string of the molecule is CC(=O)c1cccc(C(F)(F)F)c1.CCC1CCN(CCNC(=O)C(C)(C)C(F)(F)F)CC1. The third-order valence-electron chi connectivity index (χ3n) is 5.87. The molecule has 0 radical (unpaired) electrons. The van der Waals surface area contributed by atoms with E-state index in [0.717, 1.165) is 57.8 Å². The van der Waals surface area contributed by atoms with Crippen molar-refractivity contribution in [1.29, 1.82) is 0 Å². The molecule has 1 aliphatic rings. The number of likely N-dealkylation sites (tertiary alicyclic amines) is 1. The molecule has 33 heavy (non-hydrogen) atoms. The largest absolute Gasteiger partial charge is 0.416 e. The molecule has 1 saturated heterocycles. The number of Topliss-reactive ketones (excluding diaryl/α,β-unsaturated/α-hetero) is 1. The van der Waals surface area contributed by atoms with Gasteiger partial charge in [-0.05, 0) is 64.8 Å². The molecule has 1 aromatic rings. The number of halogens is 6. The van der Waals surface area contributed by atoms with Crippen LogP contribution in [0.3, 0.4) is 0 Å². The molecule has 188 valence electrons. The summed E-state index contributed by atoms with van der Waals surface area (Å²) in [7, 11) is 0. The van der Waals surface area contributed by atoms with E-state index in [-0.39, 0.29) is 17.9 Å². The highest BCUT2D eigenvalue weighted by atomic mass is 19.4. The Morgan fingerprint density at radius 3 is 2.09 bits per heavy atom. The Labute approximate surface area is 190 Å². The van der Waals surface area contributed by atoms with Crippen LogP contribution in [-0.4, -0.2) is 48.9 Å². The van der Waals surface area contributed by atoms with E-state index in [1.54, 1.807) is 0 Å². The number of amides is 1. The van der Waals surface area contributed by atoms with Crippen LogP contribution in [0.1, 0.15) is 62.9 Å². The summed E-state index contributed by atoms with van der Waals surface area (Å²) >= 11 is 0. The van der Waals surface area contributed by atoms with E-state index in [2.05, 4.69) is 17.1 Å². The molecule has 0 atom stereocenters. The van der Waals surface area contributed by atoms with Crippen LogP contribution in [0.4, 0.5) is 26.3 Å². The van der Waals surface area contributed by atoms with Crippen LogP contribution in [0.5, 0.6) is 0 Å². The van der Waals surface area contributed by atoms with Crippen molar-refractivity contribution in [3.05, 3.63) is 35.4 Å². The monoisotopic (exact) mass is 482 g/mol. The molecule has 2 rings (SSSR count). The first-order chi connectivity index (χ1) is 15.1. The van der Waals surface area contributed by atoms with Gasteiger partial charge in [0.15, 0.2) is 5.78 Å².